The highest BCUT2D eigenvalue weighted by Gasteiger charge is 2.17. The zero-order valence-electron chi connectivity index (χ0n) is 9.75. The minimum atomic E-state index is -0.0908. The second-order valence-electron chi connectivity index (χ2n) is 4.45. The van der Waals surface area contributed by atoms with Gasteiger partial charge in [0, 0.05) is 31.2 Å². The number of halogens is 1. The summed E-state index contributed by atoms with van der Waals surface area (Å²) in [4.78, 5) is 2.35. The van der Waals surface area contributed by atoms with E-state index in [1.54, 1.807) is 6.07 Å². The zero-order valence-corrected chi connectivity index (χ0v) is 9.75. The van der Waals surface area contributed by atoms with Crippen molar-refractivity contribution in [1.82, 2.24) is 10.2 Å². The molecule has 1 N–H and O–H groups in total. The van der Waals surface area contributed by atoms with Crippen LogP contribution in [0.4, 0.5) is 4.39 Å². The summed E-state index contributed by atoms with van der Waals surface area (Å²) in [5.74, 6) is -0.0908. The molecule has 1 aliphatic heterocycles. The van der Waals surface area contributed by atoms with E-state index < -0.39 is 0 Å². The molecule has 0 spiro atoms. The van der Waals surface area contributed by atoms with Gasteiger partial charge in [-0.25, -0.2) is 4.39 Å². The third-order valence-corrected chi connectivity index (χ3v) is 3.27. The Morgan fingerprint density at radius 3 is 3.00 bits per heavy atom. The molecule has 0 saturated carbocycles. The number of hydrogen-bond donors (Lipinski definition) is 1. The van der Waals surface area contributed by atoms with Crippen molar-refractivity contribution in [2.75, 3.05) is 19.6 Å². The molecule has 0 radical (unpaired) electrons. The highest BCUT2D eigenvalue weighted by atomic mass is 19.1. The average Bonchev–Trinajstić information content (AvgIpc) is 2.48. The van der Waals surface area contributed by atoms with Crippen molar-refractivity contribution in [2.45, 2.75) is 25.9 Å². The quantitative estimate of drug-likeness (QED) is 0.823. The molecule has 1 aliphatic rings. The van der Waals surface area contributed by atoms with Crippen LogP contribution in [0.3, 0.4) is 0 Å². The molecule has 1 heterocycles. The molecule has 2 rings (SSSR count). The zero-order chi connectivity index (χ0) is 11.4. The standard InChI is InChI=1S/C13H19FN2/c1-11-6-7-15-8-9-16(11)10-12-4-2-3-5-13(12)14/h2-5,11,15H,6-10H2,1H3. The average molecular weight is 222 g/mol. The minimum Gasteiger partial charge on any atom is -0.315 e. The molecule has 1 fully saturated rings. The molecule has 1 unspecified atom stereocenters. The molecule has 3 heteroatoms. The van der Waals surface area contributed by atoms with Crippen LogP contribution in [0, 0.1) is 5.82 Å². The van der Waals surface area contributed by atoms with E-state index in [-0.39, 0.29) is 5.82 Å². The largest absolute Gasteiger partial charge is 0.315 e. The predicted molar refractivity (Wildman–Crippen MR) is 63.8 cm³/mol. The number of nitrogens with one attached hydrogen (secondary N) is 1. The van der Waals surface area contributed by atoms with Gasteiger partial charge in [-0.1, -0.05) is 18.2 Å². The summed E-state index contributed by atoms with van der Waals surface area (Å²) in [6, 6.07) is 7.58. The molecule has 0 aliphatic carbocycles. The fraction of sp³-hybridized carbons (Fsp3) is 0.538. The smallest absolute Gasteiger partial charge is 0.127 e. The maximum atomic E-state index is 13.5. The Bertz CT molecular complexity index is 340. The lowest BCUT2D eigenvalue weighted by Gasteiger charge is -2.26. The van der Waals surface area contributed by atoms with Crippen molar-refractivity contribution in [3.8, 4) is 0 Å². The van der Waals surface area contributed by atoms with E-state index in [9.17, 15) is 4.39 Å². The maximum absolute atomic E-state index is 13.5. The lowest BCUT2D eigenvalue weighted by molar-refractivity contribution is 0.209. The summed E-state index contributed by atoms with van der Waals surface area (Å²) in [5.41, 5.74) is 0.802. The fourth-order valence-corrected chi connectivity index (χ4v) is 2.14. The van der Waals surface area contributed by atoms with Gasteiger partial charge >= 0.3 is 0 Å². The third-order valence-electron chi connectivity index (χ3n) is 3.27. The molecular formula is C13H19FN2. The Hall–Kier alpha value is -0.930. The van der Waals surface area contributed by atoms with Gasteiger partial charge in [0.25, 0.3) is 0 Å². The summed E-state index contributed by atoms with van der Waals surface area (Å²) in [5, 5.41) is 3.37. The Morgan fingerprint density at radius 1 is 1.38 bits per heavy atom. The van der Waals surface area contributed by atoms with Crippen molar-refractivity contribution in [3.63, 3.8) is 0 Å². The van der Waals surface area contributed by atoms with Gasteiger partial charge in [0.1, 0.15) is 5.82 Å². The first-order chi connectivity index (χ1) is 7.77. The summed E-state index contributed by atoms with van der Waals surface area (Å²) >= 11 is 0. The van der Waals surface area contributed by atoms with Crippen LogP contribution < -0.4 is 5.32 Å². The van der Waals surface area contributed by atoms with Crippen LogP contribution in [-0.4, -0.2) is 30.6 Å². The Labute approximate surface area is 96.5 Å². The van der Waals surface area contributed by atoms with Crippen LogP contribution in [0.2, 0.25) is 0 Å². The van der Waals surface area contributed by atoms with Gasteiger partial charge in [-0.05, 0) is 26.0 Å². The first kappa shape index (κ1) is 11.6. The van der Waals surface area contributed by atoms with Gasteiger partial charge in [0.2, 0.25) is 0 Å². The first-order valence-corrected chi connectivity index (χ1v) is 5.95. The van der Waals surface area contributed by atoms with Crippen molar-refractivity contribution in [3.05, 3.63) is 35.6 Å². The van der Waals surface area contributed by atoms with Crippen molar-refractivity contribution in [1.29, 1.82) is 0 Å². The molecule has 88 valence electrons. The number of hydrogen-bond acceptors (Lipinski definition) is 2. The van der Waals surface area contributed by atoms with E-state index in [4.69, 9.17) is 0 Å². The van der Waals surface area contributed by atoms with E-state index in [0.29, 0.717) is 6.04 Å². The Morgan fingerprint density at radius 2 is 2.19 bits per heavy atom. The van der Waals surface area contributed by atoms with Crippen LogP contribution in [0.25, 0.3) is 0 Å². The van der Waals surface area contributed by atoms with E-state index in [2.05, 4.69) is 17.1 Å². The van der Waals surface area contributed by atoms with Gasteiger partial charge < -0.3 is 5.32 Å². The van der Waals surface area contributed by atoms with Gasteiger partial charge in [-0.2, -0.15) is 0 Å². The number of nitrogens with zero attached hydrogens (tertiary/aromatic N) is 1. The highest BCUT2D eigenvalue weighted by Crippen LogP contribution is 2.14. The molecule has 0 bridgehead atoms. The second-order valence-corrected chi connectivity index (χ2v) is 4.45. The van der Waals surface area contributed by atoms with Gasteiger partial charge in [0.05, 0.1) is 0 Å². The lowest BCUT2D eigenvalue weighted by Crippen LogP contribution is -2.34. The molecule has 0 amide bonds. The van der Waals surface area contributed by atoms with Crippen molar-refractivity contribution >= 4 is 0 Å². The van der Waals surface area contributed by atoms with Crippen LogP contribution in [0.5, 0.6) is 0 Å². The molecule has 2 nitrogen and oxygen atoms in total. The summed E-state index contributed by atoms with van der Waals surface area (Å²) in [7, 11) is 0. The summed E-state index contributed by atoms with van der Waals surface area (Å²) in [6.45, 7) is 5.99. The molecule has 1 aromatic rings. The minimum absolute atomic E-state index is 0.0908. The fourth-order valence-electron chi connectivity index (χ4n) is 2.14. The number of benzene rings is 1. The van der Waals surface area contributed by atoms with E-state index in [1.807, 2.05) is 12.1 Å². The molecule has 1 saturated heterocycles. The van der Waals surface area contributed by atoms with Gasteiger partial charge in [-0.3, -0.25) is 4.90 Å². The molecule has 0 aromatic heterocycles. The SMILES string of the molecule is CC1CCNCCN1Cc1ccccc1F. The van der Waals surface area contributed by atoms with E-state index >= 15 is 0 Å². The van der Waals surface area contributed by atoms with Crippen LogP contribution >= 0.6 is 0 Å². The van der Waals surface area contributed by atoms with Gasteiger partial charge in [-0.15, -0.1) is 0 Å². The third kappa shape index (κ3) is 2.80. The van der Waals surface area contributed by atoms with Gasteiger partial charge in [0.15, 0.2) is 0 Å². The Kier molecular flexibility index (Phi) is 3.91. The molecule has 16 heavy (non-hydrogen) atoms. The van der Waals surface area contributed by atoms with Crippen LogP contribution in [0.15, 0.2) is 24.3 Å². The topological polar surface area (TPSA) is 15.3 Å². The normalized spacial score (nSPS) is 23.0. The molecular weight excluding hydrogens is 203 g/mol. The molecule has 1 aromatic carbocycles. The van der Waals surface area contributed by atoms with E-state index in [1.165, 1.54) is 6.07 Å². The van der Waals surface area contributed by atoms with Crippen LogP contribution in [0.1, 0.15) is 18.9 Å². The summed E-state index contributed by atoms with van der Waals surface area (Å²) < 4.78 is 13.5. The molecule has 1 atom stereocenters. The maximum Gasteiger partial charge on any atom is 0.127 e. The van der Waals surface area contributed by atoms with Crippen molar-refractivity contribution < 1.29 is 4.39 Å². The predicted octanol–water partition coefficient (Wildman–Crippen LogP) is 2.01. The highest BCUT2D eigenvalue weighted by molar-refractivity contribution is 5.17. The second kappa shape index (κ2) is 5.41. The number of rotatable bonds is 2. The van der Waals surface area contributed by atoms with E-state index in [0.717, 1.165) is 38.2 Å². The monoisotopic (exact) mass is 222 g/mol. The van der Waals surface area contributed by atoms with Crippen LogP contribution in [-0.2, 0) is 6.54 Å². The van der Waals surface area contributed by atoms with Crippen molar-refractivity contribution in [2.24, 2.45) is 0 Å². The lowest BCUT2D eigenvalue weighted by atomic mass is 10.1. The Balaban J connectivity index is 2.05. The first-order valence-electron chi connectivity index (χ1n) is 5.95. The summed E-state index contributed by atoms with van der Waals surface area (Å²) in [6.07, 6.45) is 1.13.